The maximum atomic E-state index is 12.1. The standard InChI is InChI=1S/C11H13N3O4S2/c1-8-11(19(15,16)6-7-20(12,17)18)14-10-5-3-2-4-9(10)13-8/h2-5H,6-7H2,1H3,(H2,12,17,18). The summed E-state index contributed by atoms with van der Waals surface area (Å²) in [7, 11) is -7.70. The molecule has 2 N–H and O–H groups in total. The van der Waals surface area contributed by atoms with Gasteiger partial charge in [0.05, 0.1) is 28.2 Å². The van der Waals surface area contributed by atoms with E-state index in [0.717, 1.165) is 0 Å². The van der Waals surface area contributed by atoms with E-state index < -0.39 is 31.4 Å². The van der Waals surface area contributed by atoms with Crippen LogP contribution >= 0.6 is 0 Å². The van der Waals surface area contributed by atoms with Gasteiger partial charge in [0.15, 0.2) is 14.9 Å². The maximum Gasteiger partial charge on any atom is 0.210 e. The van der Waals surface area contributed by atoms with E-state index >= 15 is 0 Å². The van der Waals surface area contributed by atoms with Crippen molar-refractivity contribution in [2.45, 2.75) is 11.9 Å². The molecule has 1 aromatic carbocycles. The van der Waals surface area contributed by atoms with Crippen LogP contribution in [0.4, 0.5) is 0 Å². The van der Waals surface area contributed by atoms with Crippen LogP contribution in [0.5, 0.6) is 0 Å². The van der Waals surface area contributed by atoms with E-state index in [1.807, 2.05) is 0 Å². The lowest BCUT2D eigenvalue weighted by atomic mass is 10.3. The third-order valence-corrected chi connectivity index (χ3v) is 5.38. The molecule has 0 bridgehead atoms. The van der Waals surface area contributed by atoms with Gasteiger partial charge in [0.1, 0.15) is 0 Å². The van der Waals surface area contributed by atoms with E-state index in [2.05, 4.69) is 9.97 Å². The number of rotatable bonds is 4. The lowest BCUT2D eigenvalue weighted by Gasteiger charge is -2.07. The van der Waals surface area contributed by atoms with Gasteiger partial charge in [-0.3, -0.25) is 0 Å². The minimum absolute atomic E-state index is 0.208. The molecule has 0 aliphatic heterocycles. The Labute approximate surface area is 116 Å². The molecule has 0 amide bonds. The number of sulfonamides is 1. The Morgan fingerprint density at radius 1 is 1.00 bits per heavy atom. The molecule has 108 valence electrons. The molecular weight excluding hydrogens is 302 g/mol. The van der Waals surface area contributed by atoms with Crippen molar-refractivity contribution >= 4 is 30.9 Å². The summed E-state index contributed by atoms with van der Waals surface area (Å²) in [5, 5.41) is 4.61. The first-order valence-electron chi connectivity index (χ1n) is 5.66. The molecule has 0 aliphatic rings. The van der Waals surface area contributed by atoms with Crippen molar-refractivity contribution < 1.29 is 16.8 Å². The van der Waals surface area contributed by atoms with Crippen molar-refractivity contribution in [3.05, 3.63) is 30.0 Å². The highest BCUT2D eigenvalue weighted by molar-refractivity contribution is 7.94. The number of benzene rings is 1. The average Bonchev–Trinajstić information content (AvgIpc) is 2.35. The fourth-order valence-corrected chi connectivity index (χ4v) is 4.42. The van der Waals surface area contributed by atoms with Crippen LogP contribution < -0.4 is 5.14 Å². The lowest BCUT2D eigenvalue weighted by Crippen LogP contribution is -2.24. The smallest absolute Gasteiger partial charge is 0.210 e. The Morgan fingerprint density at radius 2 is 1.55 bits per heavy atom. The summed E-state index contributed by atoms with van der Waals surface area (Å²) in [6.45, 7) is 1.52. The van der Waals surface area contributed by atoms with Gasteiger partial charge in [-0.1, -0.05) is 12.1 Å². The molecule has 1 aromatic heterocycles. The van der Waals surface area contributed by atoms with Gasteiger partial charge in [0, 0.05) is 0 Å². The quantitative estimate of drug-likeness (QED) is 0.848. The molecule has 7 nitrogen and oxygen atoms in total. The molecule has 1 heterocycles. The number of aromatic nitrogens is 2. The minimum atomic E-state index is -3.85. The zero-order chi connectivity index (χ0) is 15.0. The van der Waals surface area contributed by atoms with E-state index in [1.165, 1.54) is 6.92 Å². The fraction of sp³-hybridized carbons (Fsp3) is 0.273. The monoisotopic (exact) mass is 315 g/mol. The van der Waals surface area contributed by atoms with Crippen LogP contribution in [0.1, 0.15) is 5.69 Å². The van der Waals surface area contributed by atoms with E-state index in [0.29, 0.717) is 11.0 Å². The molecule has 0 unspecified atom stereocenters. The molecule has 0 saturated heterocycles. The number of hydrogen-bond donors (Lipinski definition) is 1. The predicted octanol–water partition coefficient (Wildman–Crippen LogP) is 0.000420. The first-order valence-corrected chi connectivity index (χ1v) is 9.02. The molecular formula is C11H13N3O4S2. The van der Waals surface area contributed by atoms with Crippen molar-refractivity contribution in [2.24, 2.45) is 5.14 Å². The van der Waals surface area contributed by atoms with Crippen molar-refractivity contribution in [1.82, 2.24) is 9.97 Å². The summed E-state index contributed by atoms with van der Waals surface area (Å²) in [5.74, 6) is -1.26. The summed E-state index contributed by atoms with van der Waals surface area (Å²) < 4.78 is 46.0. The van der Waals surface area contributed by atoms with Crippen LogP contribution in [0.15, 0.2) is 29.3 Å². The van der Waals surface area contributed by atoms with Crippen molar-refractivity contribution in [3.8, 4) is 0 Å². The zero-order valence-electron chi connectivity index (χ0n) is 10.6. The number of hydrogen-bond acceptors (Lipinski definition) is 6. The van der Waals surface area contributed by atoms with Crippen LogP contribution in [0, 0.1) is 6.92 Å². The summed E-state index contributed by atoms with van der Waals surface area (Å²) in [6.07, 6.45) is 0. The van der Waals surface area contributed by atoms with Crippen molar-refractivity contribution in [3.63, 3.8) is 0 Å². The third-order valence-electron chi connectivity index (χ3n) is 2.63. The topological polar surface area (TPSA) is 120 Å². The zero-order valence-corrected chi connectivity index (χ0v) is 12.3. The lowest BCUT2D eigenvalue weighted by molar-refractivity contribution is 0.585. The minimum Gasteiger partial charge on any atom is -0.248 e. The fourth-order valence-electron chi connectivity index (χ4n) is 1.69. The number of primary sulfonamides is 1. The highest BCUT2D eigenvalue weighted by Gasteiger charge is 2.22. The Kier molecular flexibility index (Phi) is 3.76. The summed E-state index contributed by atoms with van der Waals surface area (Å²) >= 11 is 0. The van der Waals surface area contributed by atoms with Gasteiger partial charge in [-0.05, 0) is 19.1 Å². The molecule has 0 atom stereocenters. The Bertz CT molecular complexity index is 860. The SMILES string of the molecule is Cc1nc2ccccc2nc1S(=O)(=O)CCS(N)(=O)=O. The first-order chi connectivity index (χ1) is 9.19. The van der Waals surface area contributed by atoms with Gasteiger partial charge >= 0.3 is 0 Å². The highest BCUT2D eigenvalue weighted by atomic mass is 32.2. The van der Waals surface area contributed by atoms with E-state index in [1.54, 1.807) is 24.3 Å². The number of nitrogens with zero attached hydrogens (tertiary/aromatic N) is 2. The number of nitrogens with two attached hydrogens (primary N) is 1. The van der Waals surface area contributed by atoms with Gasteiger partial charge in [-0.15, -0.1) is 0 Å². The van der Waals surface area contributed by atoms with Crippen LogP contribution in [-0.2, 0) is 19.9 Å². The second-order valence-corrected chi connectivity index (χ2v) is 8.05. The van der Waals surface area contributed by atoms with Crippen LogP contribution in [-0.4, -0.2) is 38.3 Å². The molecule has 2 aromatic rings. The van der Waals surface area contributed by atoms with Gasteiger partial charge in [0.25, 0.3) is 0 Å². The molecule has 9 heteroatoms. The number of fused-ring (bicyclic) bond motifs is 1. The van der Waals surface area contributed by atoms with E-state index in [4.69, 9.17) is 5.14 Å². The van der Waals surface area contributed by atoms with Crippen LogP contribution in [0.25, 0.3) is 11.0 Å². The Hall–Kier alpha value is -1.58. The largest absolute Gasteiger partial charge is 0.248 e. The van der Waals surface area contributed by atoms with Gasteiger partial charge in [0.2, 0.25) is 10.0 Å². The molecule has 0 radical (unpaired) electrons. The Morgan fingerprint density at radius 3 is 2.10 bits per heavy atom. The maximum absolute atomic E-state index is 12.1. The summed E-state index contributed by atoms with van der Waals surface area (Å²) in [6, 6.07) is 6.84. The van der Waals surface area contributed by atoms with Crippen LogP contribution in [0.3, 0.4) is 0 Å². The normalized spacial score (nSPS) is 12.7. The second kappa shape index (κ2) is 5.08. The predicted molar refractivity (Wildman–Crippen MR) is 74.3 cm³/mol. The van der Waals surface area contributed by atoms with E-state index in [9.17, 15) is 16.8 Å². The molecule has 0 saturated carbocycles. The molecule has 0 aliphatic carbocycles. The van der Waals surface area contributed by atoms with Crippen molar-refractivity contribution in [2.75, 3.05) is 11.5 Å². The van der Waals surface area contributed by atoms with E-state index in [-0.39, 0.29) is 10.7 Å². The average molecular weight is 315 g/mol. The van der Waals surface area contributed by atoms with Crippen LogP contribution in [0.2, 0.25) is 0 Å². The van der Waals surface area contributed by atoms with Gasteiger partial charge < -0.3 is 0 Å². The van der Waals surface area contributed by atoms with Crippen molar-refractivity contribution in [1.29, 1.82) is 0 Å². The summed E-state index contributed by atoms with van der Waals surface area (Å²) in [4.78, 5) is 8.22. The molecule has 0 fully saturated rings. The third kappa shape index (κ3) is 3.30. The first kappa shape index (κ1) is 14.8. The molecule has 0 spiro atoms. The molecule has 20 heavy (non-hydrogen) atoms. The number of para-hydroxylation sites is 2. The summed E-state index contributed by atoms with van der Waals surface area (Å²) in [5.41, 5.74) is 1.25. The van der Waals surface area contributed by atoms with Gasteiger partial charge in [-0.25, -0.2) is 31.9 Å². The Balaban J connectivity index is 2.48. The van der Waals surface area contributed by atoms with Gasteiger partial charge in [-0.2, -0.15) is 0 Å². The second-order valence-electron chi connectivity index (χ2n) is 4.29. The number of aryl methyl sites for hydroxylation is 1. The number of sulfone groups is 1. The highest BCUT2D eigenvalue weighted by Crippen LogP contribution is 2.17. The molecule has 2 rings (SSSR count).